The zero-order valence-electron chi connectivity index (χ0n) is 16.7. The number of amides is 1. The van der Waals surface area contributed by atoms with Gasteiger partial charge in [0, 0.05) is 12.1 Å². The Bertz CT molecular complexity index is 1090. The van der Waals surface area contributed by atoms with E-state index in [4.69, 9.17) is 32.7 Å². The minimum Gasteiger partial charge on any atom is -0.493 e. The fourth-order valence-electron chi connectivity index (χ4n) is 3.95. The molecule has 0 aliphatic carbocycles. The Kier molecular flexibility index (Phi) is 5.89. The predicted octanol–water partition coefficient (Wildman–Crippen LogP) is 5.80. The second-order valence-corrected chi connectivity index (χ2v) is 7.91. The van der Waals surface area contributed by atoms with Crippen molar-refractivity contribution in [2.45, 2.75) is 12.5 Å². The maximum absolute atomic E-state index is 13.5. The fourth-order valence-corrected chi connectivity index (χ4v) is 4.25. The van der Waals surface area contributed by atoms with Crippen LogP contribution in [0.5, 0.6) is 11.5 Å². The third kappa shape index (κ3) is 3.73. The minimum absolute atomic E-state index is 0.0946. The average molecular weight is 442 g/mol. The highest BCUT2D eigenvalue weighted by Gasteiger charge is 2.34. The number of fused-ring (bicyclic) bond motifs is 1. The highest BCUT2D eigenvalue weighted by molar-refractivity contribution is 6.42. The highest BCUT2D eigenvalue weighted by atomic mass is 35.5. The molecule has 6 heteroatoms. The van der Waals surface area contributed by atoms with Crippen molar-refractivity contribution in [3.05, 3.63) is 93.0 Å². The van der Waals surface area contributed by atoms with Crippen molar-refractivity contribution in [3.63, 3.8) is 0 Å². The zero-order chi connectivity index (χ0) is 21.3. The van der Waals surface area contributed by atoms with E-state index in [1.54, 1.807) is 32.4 Å². The lowest BCUT2D eigenvalue weighted by molar-refractivity contribution is 0.0694. The average Bonchev–Trinajstić information content (AvgIpc) is 2.79. The van der Waals surface area contributed by atoms with Crippen molar-refractivity contribution >= 4 is 29.1 Å². The van der Waals surface area contributed by atoms with E-state index in [0.29, 0.717) is 40.1 Å². The molecule has 4 rings (SSSR count). The van der Waals surface area contributed by atoms with Gasteiger partial charge in [-0.2, -0.15) is 0 Å². The SMILES string of the molecule is COc1cc2c(cc1OC)[C@@H](c1ccccc1)N(C(=O)c1ccc(Cl)c(Cl)c1)CC2. The van der Waals surface area contributed by atoms with Crippen LogP contribution in [0.1, 0.15) is 33.1 Å². The zero-order valence-corrected chi connectivity index (χ0v) is 18.2. The topological polar surface area (TPSA) is 38.8 Å². The van der Waals surface area contributed by atoms with Crippen LogP contribution in [0.2, 0.25) is 10.0 Å². The number of nitrogens with zero attached hydrogens (tertiary/aromatic N) is 1. The van der Waals surface area contributed by atoms with Gasteiger partial charge in [-0.15, -0.1) is 0 Å². The van der Waals surface area contributed by atoms with Crippen LogP contribution in [0.4, 0.5) is 0 Å². The van der Waals surface area contributed by atoms with Gasteiger partial charge in [0.1, 0.15) is 0 Å². The summed E-state index contributed by atoms with van der Waals surface area (Å²) in [5, 5.41) is 0.788. The second-order valence-electron chi connectivity index (χ2n) is 7.10. The van der Waals surface area contributed by atoms with E-state index in [-0.39, 0.29) is 11.9 Å². The first-order chi connectivity index (χ1) is 14.5. The lowest BCUT2D eigenvalue weighted by atomic mass is 9.87. The number of hydrogen-bond donors (Lipinski definition) is 0. The second kappa shape index (κ2) is 8.58. The molecule has 0 saturated heterocycles. The summed E-state index contributed by atoms with van der Waals surface area (Å²) in [5.41, 5.74) is 3.70. The quantitative estimate of drug-likeness (QED) is 0.513. The molecule has 4 nitrogen and oxygen atoms in total. The fraction of sp³-hybridized carbons (Fsp3) is 0.208. The van der Waals surface area contributed by atoms with Crippen LogP contribution >= 0.6 is 23.2 Å². The van der Waals surface area contributed by atoms with Gasteiger partial charge in [-0.1, -0.05) is 53.5 Å². The summed E-state index contributed by atoms with van der Waals surface area (Å²) in [6.45, 7) is 0.571. The van der Waals surface area contributed by atoms with Crippen molar-refractivity contribution in [3.8, 4) is 11.5 Å². The van der Waals surface area contributed by atoms with Crippen LogP contribution < -0.4 is 9.47 Å². The smallest absolute Gasteiger partial charge is 0.254 e. The van der Waals surface area contributed by atoms with Crippen molar-refractivity contribution in [1.29, 1.82) is 0 Å². The third-order valence-electron chi connectivity index (χ3n) is 5.42. The maximum atomic E-state index is 13.5. The first kappa shape index (κ1) is 20.6. The van der Waals surface area contributed by atoms with E-state index in [0.717, 1.165) is 16.7 Å². The van der Waals surface area contributed by atoms with Gasteiger partial charge < -0.3 is 14.4 Å². The number of benzene rings is 3. The van der Waals surface area contributed by atoms with E-state index in [1.807, 2.05) is 47.4 Å². The van der Waals surface area contributed by atoms with E-state index >= 15 is 0 Å². The molecule has 0 fully saturated rings. The van der Waals surface area contributed by atoms with Gasteiger partial charge in [0.05, 0.1) is 30.3 Å². The number of halogens is 2. The predicted molar refractivity (Wildman–Crippen MR) is 119 cm³/mol. The van der Waals surface area contributed by atoms with Crippen LogP contribution in [-0.2, 0) is 6.42 Å². The number of methoxy groups -OCH3 is 2. The van der Waals surface area contributed by atoms with E-state index in [2.05, 4.69) is 0 Å². The molecule has 30 heavy (non-hydrogen) atoms. The summed E-state index contributed by atoms with van der Waals surface area (Å²) >= 11 is 12.2. The number of ether oxygens (including phenoxy) is 2. The summed E-state index contributed by atoms with van der Waals surface area (Å²) in [7, 11) is 3.24. The Morgan fingerprint density at radius 3 is 2.30 bits per heavy atom. The van der Waals surface area contributed by atoms with Gasteiger partial charge >= 0.3 is 0 Å². The normalized spacial score (nSPS) is 15.5. The Hall–Kier alpha value is -2.69. The molecular weight excluding hydrogens is 421 g/mol. The molecule has 0 spiro atoms. The maximum Gasteiger partial charge on any atom is 0.254 e. The molecule has 0 radical (unpaired) electrons. The van der Waals surface area contributed by atoms with Crippen LogP contribution in [-0.4, -0.2) is 31.6 Å². The Morgan fingerprint density at radius 1 is 0.933 bits per heavy atom. The lowest BCUT2D eigenvalue weighted by Gasteiger charge is -2.38. The van der Waals surface area contributed by atoms with E-state index in [1.165, 1.54) is 0 Å². The van der Waals surface area contributed by atoms with Gasteiger partial charge in [-0.25, -0.2) is 0 Å². The Labute approximate surface area is 185 Å². The van der Waals surface area contributed by atoms with Crippen LogP contribution in [0.15, 0.2) is 60.7 Å². The van der Waals surface area contributed by atoms with Crippen LogP contribution in [0.25, 0.3) is 0 Å². The van der Waals surface area contributed by atoms with E-state index in [9.17, 15) is 4.79 Å². The number of hydrogen-bond acceptors (Lipinski definition) is 3. The van der Waals surface area contributed by atoms with Crippen molar-refractivity contribution in [1.82, 2.24) is 4.90 Å². The summed E-state index contributed by atoms with van der Waals surface area (Å²) in [4.78, 5) is 15.4. The summed E-state index contributed by atoms with van der Waals surface area (Å²) in [5.74, 6) is 1.23. The molecule has 1 atom stereocenters. The Balaban J connectivity index is 1.83. The molecule has 0 saturated carbocycles. The van der Waals surface area contributed by atoms with Gasteiger partial charge in [0.25, 0.3) is 5.91 Å². The number of carbonyl (C=O) groups is 1. The molecule has 1 amide bonds. The van der Waals surface area contributed by atoms with Gasteiger partial charge in [-0.05, 0) is 53.4 Å². The first-order valence-corrected chi connectivity index (χ1v) is 10.3. The summed E-state index contributed by atoms with van der Waals surface area (Å²) in [6.07, 6.45) is 0.714. The molecule has 3 aromatic rings. The van der Waals surface area contributed by atoms with Crippen LogP contribution in [0.3, 0.4) is 0 Å². The molecule has 0 aromatic heterocycles. The molecule has 0 bridgehead atoms. The molecule has 3 aromatic carbocycles. The first-order valence-electron chi connectivity index (χ1n) is 9.59. The van der Waals surface area contributed by atoms with Crippen molar-refractivity contribution in [2.24, 2.45) is 0 Å². The highest BCUT2D eigenvalue weighted by Crippen LogP contribution is 2.41. The largest absolute Gasteiger partial charge is 0.493 e. The van der Waals surface area contributed by atoms with Gasteiger partial charge in [-0.3, -0.25) is 4.79 Å². The summed E-state index contributed by atoms with van der Waals surface area (Å²) in [6, 6.07) is 18.7. The van der Waals surface area contributed by atoms with E-state index < -0.39 is 0 Å². The Morgan fingerprint density at radius 2 is 1.63 bits per heavy atom. The standard InChI is InChI=1S/C24H21Cl2NO3/c1-29-21-13-16-10-11-27(24(28)17-8-9-19(25)20(26)12-17)23(15-6-4-3-5-7-15)18(16)14-22(21)30-2/h3-9,12-14,23H,10-11H2,1-2H3/t23-/m1/s1. The molecule has 0 N–H and O–H groups in total. The van der Waals surface area contributed by atoms with Gasteiger partial charge in [0.15, 0.2) is 11.5 Å². The monoisotopic (exact) mass is 441 g/mol. The molecule has 0 unspecified atom stereocenters. The van der Waals surface area contributed by atoms with Crippen LogP contribution in [0, 0.1) is 0 Å². The molecule has 1 aliphatic heterocycles. The number of rotatable bonds is 4. The molecular formula is C24H21Cl2NO3. The molecule has 1 heterocycles. The van der Waals surface area contributed by atoms with Gasteiger partial charge in [0.2, 0.25) is 0 Å². The summed E-state index contributed by atoms with van der Waals surface area (Å²) < 4.78 is 11.0. The van der Waals surface area contributed by atoms with Crippen molar-refractivity contribution < 1.29 is 14.3 Å². The minimum atomic E-state index is -0.253. The third-order valence-corrected chi connectivity index (χ3v) is 6.16. The lowest BCUT2D eigenvalue weighted by Crippen LogP contribution is -2.40. The molecule has 1 aliphatic rings. The molecule has 154 valence electrons. The number of carbonyl (C=O) groups excluding carboxylic acids is 1. The van der Waals surface area contributed by atoms with Crippen molar-refractivity contribution in [2.75, 3.05) is 20.8 Å².